The van der Waals surface area contributed by atoms with Crippen LogP contribution in [0.3, 0.4) is 0 Å². The molecule has 0 radical (unpaired) electrons. The van der Waals surface area contributed by atoms with Crippen molar-refractivity contribution in [3.05, 3.63) is 58.9 Å². The average Bonchev–Trinajstić information content (AvgIpc) is 2.41. The number of pyridine rings is 1. The van der Waals surface area contributed by atoms with Gasteiger partial charge in [-0.25, -0.2) is 4.98 Å². The molecule has 1 heterocycles. The van der Waals surface area contributed by atoms with Gasteiger partial charge in [0.25, 0.3) is 5.91 Å². The minimum Gasteiger partial charge on any atom is -0.321 e. The van der Waals surface area contributed by atoms with Gasteiger partial charge in [-0.15, -0.1) is 0 Å². The fourth-order valence-corrected chi connectivity index (χ4v) is 1.57. The summed E-state index contributed by atoms with van der Waals surface area (Å²) >= 11 is 5.93. The smallest absolute Gasteiger partial charge is 0.255 e. The van der Waals surface area contributed by atoms with Crippen LogP contribution in [-0.2, 0) is 0 Å². The first kappa shape index (κ1) is 12.1. The lowest BCUT2D eigenvalue weighted by molar-refractivity contribution is 0.102. The Hall–Kier alpha value is -2.38. The number of halogens is 1. The maximum Gasteiger partial charge on any atom is 0.255 e. The van der Waals surface area contributed by atoms with Crippen molar-refractivity contribution in [3.8, 4) is 6.07 Å². The van der Waals surface area contributed by atoms with Gasteiger partial charge in [0.1, 0.15) is 11.8 Å². The summed E-state index contributed by atoms with van der Waals surface area (Å²) in [7, 11) is 0. The van der Waals surface area contributed by atoms with Crippen molar-refractivity contribution in [1.82, 2.24) is 4.98 Å². The highest BCUT2D eigenvalue weighted by Gasteiger charge is 2.08. The standard InChI is InChI=1S/C13H8ClN3O/c14-11-3-1-2-4-12(11)17-13(18)9-5-6-16-10(7-9)8-15/h1-7H,(H,17,18). The van der Waals surface area contributed by atoms with Gasteiger partial charge in [0.2, 0.25) is 0 Å². The molecule has 1 N–H and O–H groups in total. The summed E-state index contributed by atoms with van der Waals surface area (Å²) in [4.78, 5) is 15.7. The summed E-state index contributed by atoms with van der Waals surface area (Å²) in [6.07, 6.45) is 1.42. The Labute approximate surface area is 109 Å². The monoisotopic (exact) mass is 257 g/mol. The third-order valence-electron chi connectivity index (χ3n) is 2.26. The number of carbonyl (C=O) groups excluding carboxylic acids is 1. The van der Waals surface area contributed by atoms with Crippen LogP contribution in [-0.4, -0.2) is 10.9 Å². The second-order valence-corrected chi connectivity index (χ2v) is 3.88. The maximum absolute atomic E-state index is 11.9. The predicted molar refractivity (Wildman–Crippen MR) is 68.4 cm³/mol. The van der Waals surface area contributed by atoms with E-state index in [1.807, 2.05) is 6.07 Å². The van der Waals surface area contributed by atoms with Crippen molar-refractivity contribution in [2.24, 2.45) is 0 Å². The molecule has 0 aliphatic carbocycles. The third-order valence-corrected chi connectivity index (χ3v) is 2.59. The number of hydrogen-bond acceptors (Lipinski definition) is 3. The Kier molecular flexibility index (Phi) is 3.56. The minimum atomic E-state index is -0.331. The number of nitrogens with zero attached hydrogens (tertiary/aromatic N) is 2. The van der Waals surface area contributed by atoms with E-state index in [4.69, 9.17) is 16.9 Å². The van der Waals surface area contributed by atoms with Crippen molar-refractivity contribution >= 4 is 23.2 Å². The van der Waals surface area contributed by atoms with Crippen LogP contribution in [0.2, 0.25) is 5.02 Å². The SMILES string of the molecule is N#Cc1cc(C(=O)Nc2ccccc2Cl)ccn1. The van der Waals surface area contributed by atoms with Gasteiger partial charge in [-0.2, -0.15) is 5.26 Å². The lowest BCUT2D eigenvalue weighted by Crippen LogP contribution is -2.12. The first-order valence-electron chi connectivity index (χ1n) is 5.13. The first-order chi connectivity index (χ1) is 8.70. The van der Waals surface area contributed by atoms with Gasteiger partial charge < -0.3 is 5.32 Å². The van der Waals surface area contributed by atoms with E-state index in [9.17, 15) is 4.79 Å². The normalized spacial score (nSPS) is 9.56. The van der Waals surface area contributed by atoms with E-state index in [-0.39, 0.29) is 11.6 Å². The molecule has 0 saturated heterocycles. The van der Waals surface area contributed by atoms with Crippen LogP contribution in [0.4, 0.5) is 5.69 Å². The molecule has 0 saturated carbocycles. The van der Waals surface area contributed by atoms with Gasteiger partial charge in [0, 0.05) is 11.8 Å². The lowest BCUT2D eigenvalue weighted by Gasteiger charge is -2.06. The highest BCUT2D eigenvalue weighted by atomic mass is 35.5. The molecule has 1 aromatic heterocycles. The molecule has 0 atom stereocenters. The summed E-state index contributed by atoms with van der Waals surface area (Å²) in [5.41, 5.74) is 1.09. The Morgan fingerprint density at radius 2 is 2.11 bits per heavy atom. The highest BCUT2D eigenvalue weighted by molar-refractivity contribution is 6.33. The van der Waals surface area contributed by atoms with Gasteiger partial charge in [-0.05, 0) is 24.3 Å². The van der Waals surface area contributed by atoms with E-state index in [0.717, 1.165) is 0 Å². The quantitative estimate of drug-likeness (QED) is 0.900. The molecule has 2 aromatic rings. The van der Waals surface area contributed by atoms with Crippen LogP contribution in [0.1, 0.15) is 16.1 Å². The Balaban J connectivity index is 2.23. The predicted octanol–water partition coefficient (Wildman–Crippen LogP) is 2.86. The van der Waals surface area contributed by atoms with E-state index in [2.05, 4.69) is 10.3 Å². The van der Waals surface area contributed by atoms with Crippen LogP contribution in [0.15, 0.2) is 42.6 Å². The highest BCUT2D eigenvalue weighted by Crippen LogP contribution is 2.21. The number of nitriles is 1. The van der Waals surface area contributed by atoms with Crippen molar-refractivity contribution in [1.29, 1.82) is 5.26 Å². The fraction of sp³-hybridized carbons (Fsp3) is 0. The number of benzene rings is 1. The number of amides is 1. The molecular formula is C13H8ClN3O. The van der Waals surface area contributed by atoms with Crippen LogP contribution in [0.25, 0.3) is 0 Å². The molecule has 4 nitrogen and oxygen atoms in total. The van der Waals surface area contributed by atoms with Gasteiger partial charge >= 0.3 is 0 Å². The Bertz CT molecular complexity index is 634. The molecular weight excluding hydrogens is 250 g/mol. The van der Waals surface area contributed by atoms with E-state index < -0.39 is 0 Å². The van der Waals surface area contributed by atoms with Crippen LogP contribution in [0.5, 0.6) is 0 Å². The zero-order valence-electron chi connectivity index (χ0n) is 9.22. The van der Waals surface area contributed by atoms with Crippen molar-refractivity contribution in [2.45, 2.75) is 0 Å². The summed E-state index contributed by atoms with van der Waals surface area (Å²) in [6, 6.07) is 11.8. The van der Waals surface area contributed by atoms with Crippen molar-refractivity contribution < 1.29 is 4.79 Å². The Morgan fingerprint density at radius 1 is 1.33 bits per heavy atom. The number of carbonyl (C=O) groups is 1. The van der Waals surface area contributed by atoms with Crippen LogP contribution >= 0.6 is 11.6 Å². The first-order valence-corrected chi connectivity index (χ1v) is 5.50. The fourth-order valence-electron chi connectivity index (χ4n) is 1.39. The molecule has 0 bridgehead atoms. The van der Waals surface area contributed by atoms with E-state index in [1.165, 1.54) is 18.3 Å². The number of anilines is 1. The van der Waals surface area contributed by atoms with Crippen LogP contribution < -0.4 is 5.32 Å². The van der Waals surface area contributed by atoms with Crippen molar-refractivity contribution in [2.75, 3.05) is 5.32 Å². The molecule has 1 aromatic carbocycles. The number of rotatable bonds is 2. The summed E-state index contributed by atoms with van der Waals surface area (Å²) in [6.45, 7) is 0. The second kappa shape index (κ2) is 5.30. The van der Waals surface area contributed by atoms with Gasteiger partial charge in [-0.3, -0.25) is 4.79 Å². The molecule has 1 amide bonds. The van der Waals surface area contributed by atoms with E-state index >= 15 is 0 Å². The lowest BCUT2D eigenvalue weighted by atomic mass is 10.2. The largest absolute Gasteiger partial charge is 0.321 e. The molecule has 5 heteroatoms. The van der Waals surface area contributed by atoms with E-state index in [0.29, 0.717) is 16.3 Å². The third kappa shape index (κ3) is 2.65. The molecule has 0 fully saturated rings. The summed E-state index contributed by atoms with van der Waals surface area (Å²) in [5, 5.41) is 11.8. The second-order valence-electron chi connectivity index (χ2n) is 3.48. The molecule has 0 aliphatic rings. The summed E-state index contributed by atoms with van der Waals surface area (Å²) < 4.78 is 0. The molecule has 0 spiro atoms. The zero-order valence-corrected chi connectivity index (χ0v) is 9.98. The number of aromatic nitrogens is 1. The Morgan fingerprint density at radius 3 is 2.83 bits per heavy atom. The molecule has 0 unspecified atom stereocenters. The maximum atomic E-state index is 11.9. The topological polar surface area (TPSA) is 65.8 Å². The van der Waals surface area contributed by atoms with Gasteiger partial charge in [0.05, 0.1) is 10.7 Å². The number of hydrogen-bond donors (Lipinski definition) is 1. The molecule has 2 rings (SSSR count). The average molecular weight is 258 g/mol. The molecule has 88 valence electrons. The van der Waals surface area contributed by atoms with Gasteiger partial charge in [-0.1, -0.05) is 23.7 Å². The molecule has 0 aliphatic heterocycles. The zero-order chi connectivity index (χ0) is 13.0. The minimum absolute atomic E-state index is 0.196. The molecule has 18 heavy (non-hydrogen) atoms. The van der Waals surface area contributed by atoms with Crippen molar-refractivity contribution in [3.63, 3.8) is 0 Å². The number of nitrogens with one attached hydrogen (secondary N) is 1. The van der Waals surface area contributed by atoms with E-state index in [1.54, 1.807) is 24.3 Å². The van der Waals surface area contributed by atoms with Crippen LogP contribution in [0, 0.1) is 11.3 Å². The van der Waals surface area contributed by atoms with Gasteiger partial charge in [0.15, 0.2) is 0 Å². The number of para-hydroxylation sites is 1. The summed E-state index contributed by atoms with van der Waals surface area (Å²) in [5.74, 6) is -0.331.